The van der Waals surface area contributed by atoms with Crippen LogP contribution in [0.2, 0.25) is 0 Å². The molecule has 0 unspecified atom stereocenters. The van der Waals surface area contributed by atoms with Crippen LogP contribution in [0.15, 0.2) is 36.4 Å². The van der Waals surface area contributed by atoms with Crippen molar-refractivity contribution in [2.24, 2.45) is 0 Å². The zero-order chi connectivity index (χ0) is 16.8. The molecule has 3 rings (SSSR count). The highest BCUT2D eigenvalue weighted by Crippen LogP contribution is 2.31. The lowest BCUT2D eigenvalue weighted by Crippen LogP contribution is -2.31. The van der Waals surface area contributed by atoms with E-state index in [1.807, 2.05) is 6.07 Å². The van der Waals surface area contributed by atoms with Crippen LogP contribution in [0.4, 0.5) is 0 Å². The quantitative estimate of drug-likeness (QED) is 0.786. The van der Waals surface area contributed by atoms with Gasteiger partial charge in [0.1, 0.15) is 5.75 Å². The predicted molar refractivity (Wildman–Crippen MR) is 96.7 cm³/mol. The smallest absolute Gasteiger partial charge is 0.157 e. The fourth-order valence-corrected chi connectivity index (χ4v) is 3.23. The standard InChI is InChI=1S/C20H27NO3/c1-3-21-11-5-8-20-23-13-16(14-24-20)18-7-4-6-15-12-17(22-2)9-10-19(15)18/h4,6-7,9-10,12,16,20-21H,3,5,8,11,13-14H2,1-2H3. The van der Waals surface area contributed by atoms with Gasteiger partial charge in [-0.05, 0) is 54.4 Å². The Morgan fingerprint density at radius 2 is 2.00 bits per heavy atom. The second-order valence-corrected chi connectivity index (χ2v) is 6.22. The molecule has 24 heavy (non-hydrogen) atoms. The highest BCUT2D eigenvalue weighted by molar-refractivity contribution is 5.87. The molecule has 2 aromatic rings. The number of hydrogen-bond donors (Lipinski definition) is 1. The van der Waals surface area contributed by atoms with Gasteiger partial charge in [-0.2, -0.15) is 0 Å². The lowest BCUT2D eigenvalue weighted by molar-refractivity contribution is -0.189. The molecule has 4 heteroatoms. The van der Waals surface area contributed by atoms with Crippen molar-refractivity contribution in [1.29, 1.82) is 0 Å². The first-order valence-corrected chi connectivity index (χ1v) is 8.82. The van der Waals surface area contributed by atoms with E-state index in [0.29, 0.717) is 0 Å². The van der Waals surface area contributed by atoms with E-state index in [-0.39, 0.29) is 12.2 Å². The third-order valence-electron chi connectivity index (χ3n) is 4.57. The Bertz CT molecular complexity index is 650. The van der Waals surface area contributed by atoms with Gasteiger partial charge in [-0.15, -0.1) is 0 Å². The summed E-state index contributed by atoms with van der Waals surface area (Å²) in [5.41, 5.74) is 1.29. The molecule has 130 valence electrons. The lowest BCUT2D eigenvalue weighted by Gasteiger charge is -2.30. The summed E-state index contributed by atoms with van der Waals surface area (Å²) >= 11 is 0. The number of methoxy groups -OCH3 is 1. The van der Waals surface area contributed by atoms with Crippen LogP contribution in [0.1, 0.15) is 31.2 Å². The Kier molecular flexibility index (Phi) is 6.07. The Balaban J connectivity index is 1.63. The highest BCUT2D eigenvalue weighted by atomic mass is 16.7. The van der Waals surface area contributed by atoms with Gasteiger partial charge in [0.2, 0.25) is 0 Å². The van der Waals surface area contributed by atoms with Crippen molar-refractivity contribution in [3.05, 3.63) is 42.0 Å². The first kappa shape index (κ1) is 17.2. The van der Waals surface area contributed by atoms with Crippen molar-refractivity contribution in [3.8, 4) is 5.75 Å². The predicted octanol–water partition coefficient (Wildman–Crippen LogP) is 3.69. The molecule has 1 aliphatic heterocycles. The Morgan fingerprint density at radius 1 is 1.17 bits per heavy atom. The number of benzene rings is 2. The monoisotopic (exact) mass is 329 g/mol. The van der Waals surface area contributed by atoms with Crippen LogP contribution < -0.4 is 10.1 Å². The zero-order valence-corrected chi connectivity index (χ0v) is 14.6. The summed E-state index contributed by atoms with van der Waals surface area (Å²) in [6.07, 6.45) is 1.97. The van der Waals surface area contributed by atoms with Crippen molar-refractivity contribution >= 4 is 10.8 Å². The summed E-state index contributed by atoms with van der Waals surface area (Å²) in [5.74, 6) is 1.17. The van der Waals surface area contributed by atoms with Gasteiger partial charge >= 0.3 is 0 Å². The minimum absolute atomic E-state index is 0.0602. The number of nitrogens with one attached hydrogen (secondary N) is 1. The van der Waals surface area contributed by atoms with E-state index in [9.17, 15) is 0 Å². The Hall–Kier alpha value is -1.62. The highest BCUT2D eigenvalue weighted by Gasteiger charge is 2.24. The second kappa shape index (κ2) is 8.47. The Morgan fingerprint density at radius 3 is 2.75 bits per heavy atom. The molecule has 1 fully saturated rings. The largest absolute Gasteiger partial charge is 0.497 e. The first-order chi connectivity index (χ1) is 11.8. The number of rotatable bonds is 7. The SMILES string of the molecule is CCNCCCC1OCC(c2cccc3cc(OC)ccc23)CO1. The molecule has 4 nitrogen and oxygen atoms in total. The van der Waals surface area contributed by atoms with Crippen LogP contribution in [-0.2, 0) is 9.47 Å². The maximum atomic E-state index is 5.94. The van der Waals surface area contributed by atoms with Crippen LogP contribution in [0, 0.1) is 0 Å². The fraction of sp³-hybridized carbons (Fsp3) is 0.500. The molecule has 0 aromatic heterocycles. The van der Waals surface area contributed by atoms with Crippen molar-refractivity contribution in [2.75, 3.05) is 33.4 Å². The molecule has 2 aromatic carbocycles. The molecule has 1 aliphatic rings. The van der Waals surface area contributed by atoms with E-state index in [1.54, 1.807) is 7.11 Å². The average Bonchev–Trinajstić information content (AvgIpc) is 2.65. The summed E-state index contributed by atoms with van der Waals surface area (Å²) in [6.45, 7) is 5.60. The molecular weight excluding hydrogens is 302 g/mol. The van der Waals surface area contributed by atoms with Gasteiger partial charge in [0.25, 0.3) is 0 Å². The molecule has 1 saturated heterocycles. The molecule has 1 N–H and O–H groups in total. The molecule has 1 heterocycles. The summed E-state index contributed by atoms with van der Waals surface area (Å²) in [5, 5.41) is 5.78. The topological polar surface area (TPSA) is 39.7 Å². The van der Waals surface area contributed by atoms with Gasteiger partial charge < -0.3 is 19.5 Å². The third kappa shape index (κ3) is 4.07. The third-order valence-corrected chi connectivity index (χ3v) is 4.57. The fourth-order valence-electron chi connectivity index (χ4n) is 3.23. The van der Waals surface area contributed by atoms with E-state index < -0.39 is 0 Å². The van der Waals surface area contributed by atoms with Crippen LogP contribution in [0.3, 0.4) is 0 Å². The van der Waals surface area contributed by atoms with Gasteiger partial charge in [0.15, 0.2) is 6.29 Å². The Labute approximate surface area is 144 Å². The molecule has 0 atom stereocenters. The first-order valence-electron chi connectivity index (χ1n) is 8.82. The molecule has 0 aliphatic carbocycles. The summed E-state index contributed by atoms with van der Waals surface area (Å²) < 4.78 is 17.2. The van der Waals surface area contributed by atoms with E-state index in [4.69, 9.17) is 14.2 Å². The molecule has 0 radical (unpaired) electrons. The molecule has 0 saturated carbocycles. The number of fused-ring (bicyclic) bond motifs is 1. The summed E-state index contributed by atoms with van der Waals surface area (Å²) in [4.78, 5) is 0. The number of ether oxygens (including phenoxy) is 3. The van der Waals surface area contributed by atoms with Gasteiger partial charge in [-0.1, -0.05) is 31.2 Å². The van der Waals surface area contributed by atoms with Crippen LogP contribution in [0.25, 0.3) is 10.8 Å². The van der Waals surface area contributed by atoms with Gasteiger partial charge in [-0.3, -0.25) is 0 Å². The van der Waals surface area contributed by atoms with Gasteiger partial charge in [-0.25, -0.2) is 0 Å². The normalized spacial score (nSPS) is 21.1. The molecule has 0 spiro atoms. The average molecular weight is 329 g/mol. The summed E-state index contributed by atoms with van der Waals surface area (Å²) in [7, 11) is 1.70. The van der Waals surface area contributed by atoms with Crippen molar-refractivity contribution in [1.82, 2.24) is 5.32 Å². The van der Waals surface area contributed by atoms with E-state index >= 15 is 0 Å². The molecule has 0 bridgehead atoms. The van der Waals surface area contributed by atoms with E-state index in [0.717, 1.165) is 44.9 Å². The zero-order valence-electron chi connectivity index (χ0n) is 14.6. The second-order valence-electron chi connectivity index (χ2n) is 6.22. The van der Waals surface area contributed by atoms with Crippen molar-refractivity contribution in [3.63, 3.8) is 0 Å². The van der Waals surface area contributed by atoms with Gasteiger partial charge in [0, 0.05) is 5.92 Å². The minimum Gasteiger partial charge on any atom is -0.497 e. The number of hydrogen-bond acceptors (Lipinski definition) is 4. The van der Waals surface area contributed by atoms with Crippen LogP contribution in [0.5, 0.6) is 5.75 Å². The van der Waals surface area contributed by atoms with Crippen molar-refractivity contribution < 1.29 is 14.2 Å². The summed E-state index contributed by atoms with van der Waals surface area (Å²) in [6, 6.07) is 12.6. The maximum Gasteiger partial charge on any atom is 0.157 e. The van der Waals surface area contributed by atoms with Crippen LogP contribution >= 0.6 is 0 Å². The maximum absolute atomic E-state index is 5.94. The van der Waals surface area contributed by atoms with E-state index in [2.05, 4.69) is 42.6 Å². The van der Waals surface area contributed by atoms with Gasteiger partial charge in [0.05, 0.1) is 20.3 Å². The van der Waals surface area contributed by atoms with E-state index in [1.165, 1.54) is 16.3 Å². The lowest BCUT2D eigenvalue weighted by atomic mass is 9.94. The molecule has 0 amide bonds. The van der Waals surface area contributed by atoms with Crippen molar-refractivity contribution in [2.45, 2.75) is 32.0 Å². The minimum atomic E-state index is -0.0602. The van der Waals surface area contributed by atoms with Crippen LogP contribution in [-0.4, -0.2) is 39.7 Å². The molecular formula is C20H27NO3.